The maximum atomic E-state index is 11.2. The number of hydrogen-bond acceptors (Lipinski definition) is 2. The molecule has 1 atom stereocenters. The van der Waals surface area contributed by atoms with Crippen LogP contribution < -0.4 is 5.32 Å². The highest BCUT2D eigenvalue weighted by Gasteiger charge is 2.12. The van der Waals surface area contributed by atoms with Crippen LogP contribution in [-0.2, 0) is 0 Å². The Morgan fingerprint density at radius 1 is 1.42 bits per heavy atom. The van der Waals surface area contributed by atoms with Gasteiger partial charge in [0.1, 0.15) is 0 Å². The lowest BCUT2D eigenvalue weighted by Gasteiger charge is -2.17. The quantitative estimate of drug-likeness (QED) is 0.722. The van der Waals surface area contributed by atoms with Gasteiger partial charge in [0.25, 0.3) is 0 Å². The average Bonchev–Trinajstić information content (AvgIpc) is 2.40. The second-order valence-corrected chi connectivity index (χ2v) is 5.71. The summed E-state index contributed by atoms with van der Waals surface area (Å²) in [6, 6.07) is 5.32. The van der Waals surface area contributed by atoms with Crippen LogP contribution in [0.4, 0.5) is 5.69 Å². The maximum Gasteiger partial charge on any atom is 0.337 e. The van der Waals surface area contributed by atoms with E-state index in [0.29, 0.717) is 17.2 Å². The molecule has 4 heteroatoms. The van der Waals surface area contributed by atoms with Crippen molar-refractivity contribution in [3.63, 3.8) is 0 Å². The van der Waals surface area contributed by atoms with Crippen molar-refractivity contribution in [2.24, 2.45) is 5.92 Å². The molecule has 1 aromatic carbocycles. The van der Waals surface area contributed by atoms with Gasteiger partial charge in [0.05, 0.1) is 5.56 Å². The molecule has 1 aromatic rings. The van der Waals surface area contributed by atoms with Crippen molar-refractivity contribution in [3.8, 4) is 0 Å². The molecule has 1 unspecified atom stereocenters. The lowest BCUT2D eigenvalue weighted by atomic mass is 9.99. The normalized spacial score (nSPS) is 12.2. The summed E-state index contributed by atoms with van der Waals surface area (Å²) < 4.78 is 0.786. The molecule has 19 heavy (non-hydrogen) atoms. The largest absolute Gasteiger partial charge is 0.478 e. The summed E-state index contributed by atoms with van der Waals surface area (Å²) in [5, 5.41) is 12.5. The van der Waals surface area contributed by atoms with E-state index in [9.17, 15) is 9.90 Å². The molecule has 0 spiro atoms. The summed E-state index contributed by atoms with van der Waals surface area (Å²) in [7, 11) is 0. The highest BCUT2D eigenvalue weighted by molar-refractivity contribution is 9.10. The molecule has 0 aromatic heterocycles. The van der Waals surface area contributed by atoms with Gasteiger partial charge in [-0.1, -0.05) is 49.0 Å². The van der Waals surface area contributed by atoms with Crippen LogP contribution in [0.25, 0.3) is 0 Å². The third-order valence-corrected chi connectivity index (χ3v) is 3.83. The van der Waals surface area contributed by atoms with Gasteiger partial charge >= 0.3 is 5.97 Å². The Morgan fingerprint density at radius 2 is 2.16 bits per heavy atom. The number of anilines is 1. The number of hydrogen-bond donors (Lipinski definition) is 2. The molecule has 106 valence electrons. The lowest BCUT2D eigenvalue weighted by Crippen LogP contribution is -2.15. The van der Waals surface area contributed by atoms with Gasteiger partial charge in [0.2, 0.25) is 0 Å². The molecule has 1 rings (SSSR count). The van der Waals surface area contributed by atoms with E-state index in [1.807, 2.05) is 12.1 Å². The molecule has 0 fully saturated rings. The molecular formula is C15H22BrNO2. The fourth-order valence-corrected chi connectivity index (χ4v) is 2.41. The Morgan fingerprint density at radius 3 is 2.74 bits per heavy atom. The lowest BCUT2D eigenvalue weighted by molar-refractivity contribution is 0.0698. The van der Waals surface area contributed by atoms with E-state index in [-0.39, 0.29) is 0 Å². The molecule has 3 nitrogen and oxygen atoms in total. The fraction of sp³-hybridized carbons (Fsp3) is 0.533. The minimum absolute atomic E-state index is 0.319. The minimum Gasteiger partial charge on any atom is -0.478 e. The van der Waals surface area contributed by atoms with Crippen LogP contribution in [0, 0.1) is 5.92 Å². The first kappa shape index (κ1) is 16.0. The smallest absolute Gasteiger partial charge is 0.337 e. The van der Waals surface area contributed by atoms with Crippen LogP contribution >= 0.6 is 15.9 Å². The van der Waals surface area contributed by atoms with Crippen molar-refractivity contribution in [1.29, 1.82) is 0 Å². The van der Waals surface area contributed by atoms with Gasteiger partial charge in [-0.15, -0.1) is 0 Å². The fourth-order valence-electron chi connectivity index (χ4n) is 2.05. The van der Waals surface area contributed by atoms with E-state index in [4.69, 9.17) is 0 Å². The molecule has 0 saturated carbocycles. The van der Waals surface area contributed by atoms with Crippen molar-refractivity contribution < 1.29 is 9.90 Å². The van der Waals surface area contributed by atoms with E-state index in [1.165, 1.54) is 19.3 Å². The number of aromatic carboxylic acids is 1. The number of nitrogens with one attached hydrogen (secondary N) is 1. The Balaban J connectivity index is 2.68. The molecule has 0 aliphatic heterocycles. The highest BCUT2D eigenvalue weighted by atomic mass is 79.9. The van der Waals surface area contributed by atoms with Gasteiger partial charge < -0.3 is 10.4 Å². The average molecular weight is 328 g/mol. The first-order valence-corrected chi connectivity index (χ1v) is 7.64. The number of rotatable bonds is 8. The third-order valence-electron chi connectivity index (χ3n) is 3.34. The molecule has 0 heterocycles. The van der Waals surface area contributed by atoms with Gasteiger partial charge in [-0.2, -0.15) is 0 Å². The second kappa shape index (κ2) is 8.20. The SMILES string of the molecule is CCCCC(CC)CNc1ccc(Br)cc1C(=O)O. The highest BCUT2D eigenvalue weighted by Crippen LogP contribution is 2.22. The zero-order valence-electron chi connectivity index (χ0n) is 11.6. The van der Waals surface area contributed by atoms with Crippen LogP contribution in [0.2, 0.25) is 0 Å². The molecular weight excluding hydrogens is 306 g/mol. The van der Waals surface area contributed by atoms with Gasteiger partial charge in [-0.05, 0) is 30.5 Å². The predicted octanol–water partition coefficient (Wildman–Crippen LogP) is 4.78. The van der Waals surface area contributed by atoms with Crippen LogP contribution in [-0.4, -0.2) is 17.6 Å². The Hall–Kier alpha value is -1.03. The number of carbonyl (C=O) groups is 1. The van der Waals surface area contributed by atoms with Gasteiger partial charge in [0, 0.05) is 16.7 Å². The van der Waals surface area contributed by atoms with Gasteiger partial charge in [-0.25, -0.2) is 4.79 Å². The van der Waals surface area contributed by atoms with E-state index < -0.39 is 5.97 Å². The molecule has 0 bridgehead atoms. The maximum absolute atomic E-state index is 11.2. The van der Waals surface area contributed by atoms with E-state index in [1.54, 1.807) is 6.07 Å². The van der Waals surface area contributed by atoms with Crippen LogP contribution in [0.15, 0.2) is 22.7 Å². The number of halogens is 1. The summed E-state index contributed by atoms with van der Waals surface area (Å²) in [6.45, 7) is 5.21. The van der Waals surface area contributed by atoms with Crippen molar-refractivity contribution in [1.82, 2.24) is 0 Å². The number of benzene rings is 1. The van der Waals surface area contributed by atoms with E-state index in [2.05, 4.69) is 35.1 Å². The van der Waals surface area contributed by atoms with Gasteiger partial charge in [0.15, 0.2) is 0 Å². The summed E-state index contributed by atoms with van der Waals surface area (Å²) in [4.78, 5) is 11.2. The van der Waals surface area contributed by atoms with Crippen molar-refractivity contribution in [2.75, 3.05) is 11.9 Å². The van der Waals surface area contributed by atoms with E-state index >= 15 is 0 Å². The standard InChI is InChI=1S/C15H22BrNO2/c1-3-5-6-11(4-2)10-17-14-8-7-12(16)9-13(14)15(18)19/h7-9,11,17H,3-6,10H2,1-2H3,(H,18,19). The van der Waals surface area contributed by atoms with Crippen LogP contribution in [0.5, 0.6) is 0 Å². The monoisotopic (exact) mass is 327 g/mol. The first-order valence-electron chi connectivity index (χ1n) is 6.85. The minimum atomic E-state index is -0.898. The molecule has 2 N–H and O–H groups in total. The molecule has 0 aliphatic rings. The van der Waals surface area contributed by atoms with Crippen molar-refractivity contribution in [3.05, 3.63) is 28.2 Å². The number of carboxylic acids is 1. The van der Waals surface area contributed by atoms with Gasteiger partial charge in [-0.3, -0.25) is 0 Å². The molecule has 0 saturated heterocycles. The van der Waals surface area contributed by atoms with Crippen LogP contribution in [0.3, 0.4) is 0 Å². The predicted molar refractivity (Wildman–Crippen MR) is 82.9 cm³/mol. The summed E-state index contributed by atoms with van der Waals surface area (Å²) in [5.74, 6) is -0.296. The number of carboxylic acid groups (broad SMARTS) is 1. The second-order valence-electron chi connectivity index (χ2n) is 4.79. The Kier molecular flexibility index (Phi) is 6.92. The zero-order valence-corrected chi connectivity index (χ0v) is 13.2. The third kappa shape index (κ3) is 5.23. The molecule has 0 amide bonds. The summed E-state index contributed by atoms with van der Waals surface area (Å²) in [6.07, 6.45) is 4.74. The van der Waals surface area contributed by atoms with Crippen molar-refractivity contribution in [2.45, 2.75) is 39.5 Å². The molecule has 0 radical (unpaired) electrons. The first-order chi connectivity index (χ1) is 9.08. The zero-order chi connectivity index (χ0) is 14.3. The summed E-state index contributed by atoms with van der Waals surface area (Å²) in [5.41, 5.74) is 1.02. The summed E-state index contributed by atoms with van der Waals surface area (Å²) >= 11 is 3.30. The van der Waals surface area contributed by atoms with Crippen molar-refractivity contribution >= 4 is 27.6 Å². The topological polar surface area (TPSA) is 49.3 Å². The Labute approximate surface area is 123 Å². The number of unbranched alkanes of at least 4 members (excludes halogenated alkanes) is 1. The Bertz CT molecular complexity index is 421. The van der Waals surface area contributed by atoms with E-state index in [0.717, 1.165) is 17.4 Å². The molecule has 0 aliphatic carbocycles. The van der Waals surface area contributed by atoms with Crippen LogP contribution in [0.1, 0.15) is 49.9 Å².